The van der Waals surface area contributed by atoms with Gasteiger partial charge in [-0.15, -0.1) is 11.8 Å². The van der Waals surface area contributed by atoms with E-state index in [0.717, 1.165) is 19.4 Å². The van der Waals surface area contributed by atoms with Gasteiger partial charge in [0.15, 0.2) is 0 Å². The first-order valence-electron chi connectivity index (χ1n) is 6.25. The average Bonchev–Trinajstić information content (AvgIpc) is 2.38. The Balaban J connectivity index is 2.77. The van der Waals surface area contributed by atoms with E-state index in [-0.39, 0.29) is 0 Å². The predicted octanol–water partition coefficient (Wildman–Crippen LogP) is 4.42. The van der Waals surface area contributed by atoms with Gasteiger partial charge in [-0.1, -0.05) is 38.1 Å². The van der Waals surface area contributed by atoms with Gasteiger partial charge in [-0.25, -0.2) is 0 Å². The summed E-state index contributed by atoms with van der Waals surface area (Å²) in [6.45, 7) is 9.42. The lowest BCUT2D eigenvalue weighted by molar-refractivity contribution is 0.543. The highest BCUT2D eigenvalue weighted by atomic mass is 32.2. The summed E-state index contributed by atoms with van der Waals surface area (Å²) in [6, 6.07) is 9.24. The van der Waals surface area contributed by atoms with Crippen molar-refractivity contribution >= 4 is 11.8 Å². The molecular weight excluding hydrogens is 226 g/mol. The SMILES string of the molecule is C=C(CC)CC(NCC)c1ccc(SC)cc1. The van der Waals surface area contributed by atoms with Gasteiger partial charge < -0.3 is 5.32 Å². The summed E-state index contributed by atoms with van der Waals surface area (Å²) in [5.74, 6) is 0. The average molecular weight is 249 g/mol. The summed E-state index contributed by atoms with van der Waals surface area (Å²) < 4.78 is 0. The van der Waals surface area contributed by atoms with Crippen molar-refractivity contribution in [1.29, 1.82) is 0 Å². The third-order valence-electron chi connectivity index (χ3n) is 2.96. The Bertz CT molecular complexity index is 342. The van der Waals surface area contributed by atoms with Gasteiger partial charge in [0.2, 0.25) is 0 Å². The minimum atomic E-state index is 0.406. The number of hydrogen-bond acceptors (Lipinski definition) is 2. The molecule has 1 unspecified atom stereocenters. The maximum absolute atomic E-state index is 4.11. The van der Waals surface area contributed by atoms with Gasteiger partial charge in [0.1, 0.15) is 0 Å². The molecule has 0 bridgehead atoms. The van der Waals surface area contributed by atoms with E-state index in [2.05, 4.69) is 56.3 Å². The molecule has 1 aromatic rings. The Hall–Kier alpha value is -0.730. The topological polar surface area (TPSA) is 12.0 Å². The molecule has 2 heteroatoms. The Labute approximate surface area is 110 Å². The molecular formula is C15H23NS. The molecule has 1 atom stereocenters. The highest BCUT2D eigenvalue weighted by Gasteiger charge is 2.10. The minimum absolute atomic E-state index is 0.406. The van der Waals surface area contributed by atoms with Crippen LogP contribution in [0.15, 0.2) is 41.3 Å². The molecule has 94 valence electrons. The van der Waals surface area contributed by atoms with E-state index in [4.69, 9.17) is 0 Å². The van der Waals surface area contributed by atoms with Gasteiger partial charge >= 0.3 is 0 Å². The van der Waals surface area contributed by atoms with Crippen LogP contribution < -0.4 is 5.32 Å². The lowest BCUT2D eigenvalue weighted by Gasteiger charge is -2.19. The number of benzene rings is 1. The number of rotatable bonds is 7. The predicted molar refractivity (Wildman–Crippen MR) is 78.7 cm³/mol. The molecule has 0 amide bonds. The van der Waals surface area contributed by atoms with Gasteiger partial charge in [-0.05, 0) is 43.3 Å². The second-order valence-electron chi connectivity index (χ2n) is 4.19. The minimum Gasteiger partial charge on any atom is -0.310 e. The number of thioether (sulfide) groups is 1. The van der Waals surface area contributed by atoms with Crippen LogP contribution in [0.3, 0.4) is 0 Å². The van der Waals surface area contributed by atoms with Crippen molar-refractivity contribution in [3.05, 3.63) is 42.0 Å². The molecule has 0 saturated carbocycles. The maximum atomic E-state index is 4.11. The van der Waals surface area contributed by atoms with Crippen molar-refractivity contribution in [2.24, 2.45) is 0 Å². The molecule has 1 nitrogen and oxygen atoms in total. The quantitative estimate of drug-likeness (QED) is 0.567. The second kappa shape index (κ2) is 7.57. The molecule has 0 saturated heterocycles. The molecule has 1 N–H and O–H groups in total. The van der Waals surface area contributed by atoms with Crippen LogP contribution >= 0.6 is 11.8 Å². The molecule has 0 heterocycles. The normalized spacial score (nSPS) is 12.4. The first-order valence-corrected chi connectivity index (χ1v) is 7.47. The largest absolute Gasteiger partial charge is 0.310 e. The van der Waals surface area contributed by atoms with Crippen LogP contribution in [-0.2, 0) is 0 Å². The van der Waals surface area contributed by atoms with Crippen LogP contribution in [0.5, 0.6) is 0 Å². The van der Waals surface area contributed by atoms with Gasteiger partial charge in [0.25, 0.3) is 0 Å². The van der Waals surface area contributed by atoms with Crippen LogP contribution in [0.25, 0.3) is 0 Å². The van der Waals surface area contributed by atoms with Crippen LogP contribution in [0.2, 0.25) is 0 Å². The number of nitrogens with one attached hydrogen (secondary N) is 1. The highest BCUT2D eigenvalue weighted by molar-refractivity contribution is 7.98. The first-order chi connectivity index (χ1) is 8.21. The van der Waals surface area contributed by atoms with Crippen LogP contribution in [0.4, 0.5) is 0 Å². The molecule has 0 aliphatic carbocycles. The Morgan fingerprint density at radius 2 is 1.94 bits per heavy atom. The molecule has 0 aliphatic heterocycles. The first kappa shape index (κ1) is 14.3. The summed E-state index contributed by atoms with van der Waals surface area (Å²) in [6.07, 6.45) is 4.20. The van der Waals surface area contributed by atoms with E-state index in [1.54, 1.807) is 11.8 Å². The highest BCUT2D eigenvalue weighted by Crippen LogP contribution is 2.24. The van der Waals surface area contributed by atoms with Crippen molar-refractivity contribution < 1.29 is 0 Å². The van der Waals surface area contributed by atoms with E-state index in [1.165, 1.54) is 16.0 Å². The molecule has 0 spiro atoms. The second-order valence-corrected chi connectivity index (χ2v) is 5.07. The zero-order valence-corrected chi connectivity index (χ0v) is 11.9. The van der Waals surface area contributed by atoms with Gasteiger partial charge in [0.05, 0.1) is 0 Å². The van der Waals surface area contributed by atoms with Gasteiger partial charge in [0, 0.05) is 10.9 Å². The lowest BCUT2D eigenvalue weighted by atomic mass is 9.98. The third kappa shape index (κ3) is 4.57. The summed E-state index contributed by atoms with van der Waals surface area (Å²) in [5.41, 5.74) is 2.67. The van der Waals surface area contributed by atoms with Crippen molar-refractivity contribution in [1.82, 2.24) is 5.32 Å². The van der Waals surface area contributed by atoms with Crippen molar-refractivity contribution in [3.8, 4) is 0 Å². The lowest BCUT2D eigenvalue weighted by Crippen LogP contribution is -2.21. The van der Waals surface area contributed by atoms with E-state index in [9.17, 15) is 0 Å². The van der Waals surface area contributed by atoms with E-state index in [1.807, 2.05) is 0 Å². The Morgan fingerprint density at radius 3 is 2.41 bits per heavy atom. The molecule has 0 aliphatic rings. The number of hydrogen-bond donors (Lipinski definition) is 1. The summed E-state index contributed by atoms with van der Waals surface area (Å²) in [7, 11) is 0. The van der Waals surface area contributed by atoms with Crippen molar-refractivity contribution in [2.75, 3.05) is 12.8 Å². The van der Waals surface area contributed by atoms with E-state index in [0.29, 0.717) is 6.04 Å². The van der Waals surface area contributed by atoms with Gasteiger partial charge in [-0.2, -0.15) is 0 Å². The fourth-order valence-corrected chi connectivity index (χ4v) is 2.23. The van der Waals surface area contributed by atoms with E-state index < -0.39 is 0 Å². The third-order valence-corrected chi connectivity index (χ3v) is 3.71. The zero-order valence-electron chi connectivity index (χ0n) is 11.1. The summed E-state index contributed by atoms with van der Waals surface area (Å²) >= 11 is 1.78. The molecule has 1 rings (SSSR count). The fraction of sp³-hybridized carbons (Fsp3) is 0.467. The zero-order chi connectivity index (χ0) is 12.7. The maximum Gasteiger partial charge on any atom is 0.0357 e. The Morgan fingerprint density at radius 1 is 1.29 bits per heavy atom. The molecule has 0 aromatic heterocycles. The van der Waals surface area contributed by atoms with Crippen LogP contribution in [0.1, 0.15) is 38.3 Å². The van der Waals surface area contributed by atoms with Gasteiger partial charge in [-0.3, -0.25) is 0 Å². The smallest absolute Gasteiger partial charge is 0.0357 e. The van der Waals surface area contributed by atoms with Crippen molar-refractivity contribution in [2.45, 2.75) is 37.6 Å². The van der Waals surface area contributed by atoms with Crippen LogP contribution in [0, 0.1) is 0 Å². The van der Waals surface area contributed by atoms with Crippen molar-refractivity contribution in [3.63, 3.8) is 0 Å². The summed E-state index contributed by atoms with van der Waals surface area (Å²) in [5, 5.41) is 3.53. The molecule has 0 radical (unpaired) electrons. The summed E-state index contributed by atoms with van der Waals surface area (Å²) in [4.78, 5) is 1.32. The fourth-order valence-electron chi connectivity index (χ4n) is 1.82. The molecule has 0 fully saturated rings. The monoisotopic (exact) mass is 249 g/mol. The Kier molecular flexibility index (Phi) is 6.38. The van der Waals surface area contributed by atoms with Crippen LogP contribution in [-0.4, -0.2) is 12.8 Å². The molecule has 17 heavy (non-hydrogen) atoms. The molecule has 1 aromatic carbocycles. The standard InChI is InChI=1S/C15H23NS/c1-5-12(3)11-15(16-6-2)13-7-9-14(17-4)10-8-13/h7-10,15-16H,3,5-6,11H2,1-2,4H3. The van der Waals surface area contributed by atoms with E-state index >= 15 is 0 Å².